The van der Waals surface area contributed by atoms with Gasteiger partial charge in [0.2, 0.25) is 5.96 Å². The van der Waals surface area contributed by atoms with Crippen LogP contribution in [0.5, 0.6) is 0 Å². The Morgan fingerprint density at radius 3 is 2.55 bits per heavy atom. The number of guanidine groups is 1. The van der Waals surface area contributed by atoms with E-state index in [-0.39, 0.29) is 5.54 Å². The van der Waals surface area contributed by atoms with Gasteiger partial charge in [0.1, 0.15) is 0 Å². The Bertz CT molecular complexity index is 587. The molecule has 0 aliphatic carbocycles. The van der Waals surface area contributed by atoms with Crippen molar-refractivity contribution in [2.24, 2.45) is 4.99 Å². The van der Waals surface area contributed by atoms with Gasteiger partial charge in [0.05, 0.1) is 17.2 Å². The molecule has 104 valence electrons. The zero-order valence-electron chi connectivity index (χ0n) is 12.3. The van der Waals surface area contributed by atoms with Crippen LogP contribution in [0.25, 0.3) is 0 Å². The van der Waals surface area contributed by atoms with E-state index in [2.05, 4.69) is 21.7 Å². The minimum Gasteiger partial charge on any atom is -0.325 e. The van der Waals surface area contributed by atoms with E-state index >= 15 is 0 Å². The maximum atomic E-state index is 8.97. The fourth-order valence-corrected chi connectivity index (χ4v) is 1.58. The third-order valence-corrected chi connectivity index (χ3v) is 2.92. The summed E-state index contributed by atoms with van der Waals surface area (Å²) in [5.41, 5.74) is 2.00. The quantitative estimate of drug-likeness (QED) is 0.382. The van der Waals surface area contributed by atoms with Gasteiger partial charge in [-0.05, 0) is 51.0 Å². The number of aliphatic imine (C=N–C) groups is 1. The molecule has 0 bridgehead atoms. The molecular formula is C15H19N5. The fourth-order valence-electron chi connectivity index (χ4n) is 1.58. The first-order valence-electron chi connectivity index (χ1n) is 6.44. The lowest BCUT2D eigenvalue weighted by Crippen LogP contribution is -2.31. The zero-order chi connectivity index (χ0) is 15.2. The van der Waals surface area contributed by atoms with Crippen LogP contribution in [0.15, 0.2) is 23.2 Å². The Kier molecular flexibility index (Phi) is 5.11. The van der Waals surface area contributed by atoms with E-state index in [9.17, 15) is 0 Å². The average molecular weight is 269 g/mol. The molecule has 1 rings (SSSR count). The number of benzene rings is 1. The number of aryl methyl sites for hydroxylation is 1. The van der Waals surface area contributed by atoms with Gasteiger partial charge < -0.3 is 5.32 Å². The predicted octanol–water partition coefficient (Wildman–Crippen LogP) is 2.89. The highest BCUT2D eigenvalue weighted by molar-refractivity contribution is 5.95. The summed E-state index contributed by atoms with van der Waals surface area (Å²) in [7, 11) is 0. The number of nitrogens with one attached hydrogen (secondary N) is 2. The largest absolute Gasteiger partial charge is 0.325 e. The van der Waals surface area contributed by atoms with Crippen LogP contribution in [0.3, 0.4) is 0 Å². The SMILES string of the molecule is CCC(C)(C)N=C(NC#N)Nc1cc(C)cc(C#N)c1. The number of nitriles is 2. The lowest BCUT2D eigenvalue weighted by atomic mass is 10.0. The van der Waals surface area contributed by atoms with E-state index in [1.165, 1.54) is 0 Å². The molecule has 2 N–H and O–H groups in total. The lowest BCUT2D eigenvalue weighted by molar-refractivity contribution is 0.503. The van der Waals surface area contributed by atoms with Gasteiger partial charge in [0.15, 0.2) is 6.19 Å². The van der Waals surface area contributed by atoms with Crippen molar-refractivity contribution in [3.8, 4) is 12.3 Å². The molecule has 0 fully saturated rings. The third-order valence-electron chi connectivity index (χ3n) is 2.92. The van der Waals surface area contributed by atoms with Crippen LogP contribution in [0, 0.1) is 29.7 Å². The molecule has 0 aliphatic heterocycles. The highest BCUT2D eigenvalue weighted by Crippen LogP contribution is 2.16. The molecule has 0 heterocycles. The molecule has 0 saturated carbocycles. The van der Waals surface area contributed by atoms with Crippen molar-refractivity contribution < 1.29 is 0 Å². The molecule has 0 unspecified atom stereocenters. The van der Waals surface area contributed by atoms with E-state index in [0.717, 1.165) is 17.7 Å². The molecular weight excluding hydrogens is 250 g/mol. The van der Waals surface area contributed by atoms with E-state index in [0.29, 0.717) is 11.5 Å². The molecule has 0 aliphatic rings. The number of nitrogens with zero attached hydrogens (tertiary/aromatic N) is 3. The standard InChI is InChI=1S/C15H19N5/c1-5-15(3,4)20-14(18-10-17)19-13-7-11(2)6-12(8-13)9-16/h6-8H,5H2,1-4H3,(H2,18,19,20). The first-order chi connectivity index (χ1) is 9.40. The topological polar surface area (TPSA) is 84.0 Å². The monoisotopic (exact) mass is 269 g/mol. The van der Waals surface area contributed by atoms with Gasteiger partial charge >= 0.3 is 0 Å². The first-order valence-corrected chi connectivity index (χ1v) is 6.44. The summed E-state index contributed by atoms with van der Waals surface area (Å²) in [4.78, 5) is 4.49. The van der Waals surface area contributed by atoms with Crippen LogP contribution in [0.1, 0.15) is 38.3 Å². The smallest absolute Gasteiger partial charge is 0.209 e. The van der Waals surface area contributed by atoms with Crippen molar-refractivity contribution in [1.82, 2.24) is 5.32 Å². The van der Waals surface area contributed by atoms with Gasteiger partial charge in [0, 0.05) is 5.69 Å². The molecule has 20 heavy (non-hydrogen) atoms. The maximum Gasteiger partial charge on any atom is 0.209 e. The van der Waals surface area contributed by atoms with Gasteiger partial charge in [-0.15, -0.1) is 0 Å². The summed E-state index contributed by atoms with van der Waals surface area (Å²) < 4.78 is 0. The van der Waals surface area contributed by atoms with Crippen LogP contribution in [0.4, 0.5) is 5.69 Å². The van der Waals surface area contributed by atoms with E-state index in [4.69, 9.17) is 10.5 Å². The Hall–Kier alpha value is -2.53. The van der Waals surface area contributed by atoms with Crippen molar-refractivity contribution in [1.29, 1.82) is 10.5 Å². The van der Waals surface area contributed by atoms with Crippen LogP contribution in [0.2, 0.25) is 0 Å². The van der Waals surface area contributed by atoms with Gasteiger partial charge in [-0.25, -0.2) is 4.99 Å². The Morgan fingerprint density at radius 2 is 2.00 bits per heavy atom. The molecule has 1 aromatic carbocycles. The van der Waals surface area contributed by atoms with Crippen LogP contribution in [-0.2, 0) is 0 Å². The number of anilines is 1. The van der Waals surface area contributed by atoms with Crippen molar-refractivity contribution >= 4 is 11.6 Å². The van der Waals surface area contributed by atoms with Crippen LogP contribution < -0.4 is 10.6 Å². The minimum absolute atomic E-state index is 0.270. The molecule has 0 aromatic heterocycles. The van der Waals surface area contributed by atoms with Crippen LogP contribution in [-0.4, -0.2) is 11.5 Å². The average Bonchev–Trinajstić information content (AvgIpc) is 2.37. The van der Waals surface area contributed by atoms with E-state index in [1.54, 1.807) is 12.1 Å². The zero-order valence-corrected chi connectivity index (χ0v) is 12.3. The van der Waals surface area contributed by atoms with E-state index < -0.39 is 0 Å². The fraction of sp³-hybridized carbons (Fsp3) is 0.400. The molecule has 0 atom stereocenters. The summed E-state index contributed by atoms with van der Waals surface area (Å²) >= 11 is 0. The first kappa shape index (κ1) is 15.5. The van der Waals surface area contributed by atoms with Crippen molar-refractivity contribution in [2.45, 2.75) is 39.7 Å². The summed E-state index contributed by atoms with van der Waals surface area (Å²) in [6, 6.07) is 7.53. The second-order valence-electron chi connectivity index (χ2n) is 5.19. The summed E-state index contributed by atoms with van der Waals surface area (Å²) in [5.74, 6) is 0.383. The van der Waals surface area contributed by atoms with Crippen molar-refractivity contribution in [2.75, 3.05) is 5.32 Å². The summed E-state index contributed by atoms with van der Waals surface area (Å²) in [6.45, 7) is 7.93. The predicted molar refractivity (Wildman–Crippen MR) is 80.1 cm³/mol. The summed E-state index contributed by atoms with van der Waals surface area (Å²) in [5, 5.41) is 23.4. The molecule has 1 aromatic rings. The van der Waals surface area contributed by atoms with Gasteiger partial charge in [-0.1, -0.05) is 6.92 Å². The van der Waals surface area contributed by atoms with Gasteiger partial charge in [0.25, 0.3) is 0 Å². The summed E-state index contributed by atoms with van der Waals surface area (Å²) in [6.07, 6.45) is 2.72. The number of hydrogen-bond donors (Lipinski definition) is 2. The van der Waals surface area contributed by atoms with Crippen molar-refractivity contribution in [3.63, 3.8) is 0 Å². The Labute approximate surface area is 119 Å². The highest BCUT2D eigenvalue weighted by Gasteiger charge is 2.15. The van der Waals surface area contributed by atoms with Crippen LogP contribution >= 0.6 is 0 Å². The second-order valence-corrected chi connectivity index (χ2v) is 5.19. The molecule has 0 saturated heterocycles. The number of hydrogen-bond acceptors (Lipinski definition) is 3. The van der Waals surface area contributed by atoms with E-state index in [1.807, 2.05) is 40.0 Å². The molecule has 0 spiro atoms. The van der Waals surface area contributed by atoms with Gasteiger partial charge in [-0.3, -0.25) is 5.32 Å². The molecule has 5 nitrogen and oxygen atoms in total. The number of rotatable bonds is 3. The van der Waals surface area contributed by atoms with Crippen molar-refractivity contribution in [3.05, 3.63) is 29.3 Å². The molecule has 5 heteroatoms. The second kappa shape index (κ2) is 6.58. The highest BCUT2D eigenvalue weighted by atomic mass is 15.2. The lowest BCUT2D eigenvalue weighted by Gasteiger charge is -2.19. The molecule has 0 amide bonds. The van der Waals surface area contributed by atoms with Gasteiger partial charge in [-0.2, -0.15) is 10.5 Å². The third kappa shape index (κ3) is 4.62. The molecule has 0 radical (unpaired) electrons. The maximum absolute atomic E-state index is 8.97. The Balaban J connectivity index is 3.06. The Morgan fingerprint density at radius 1 is 1.30 bits per heavy atom. The minimum atomic E-state index is -0.270. The normalized spacial score (nSPS) is 11.4.